The monoisotopic (exact) mass is 229 g/mol. The molecular formula is C12H11N3O2. The predicted molar refractivity (Wildman–Crippen MR) is 62.5 cm³/mol. The van der Waals surface area contributed by atoms with Crippen molar-refractivity contribution in [1.82, 2.24) is 9.94 Å². The normalized spacial score (nSPS) is 9.82. The van der Waals surface area contributed by atoms with Crippen LogP contribution < -0.4 is 10.5 Å². The Bertz CT molecular complexity index is 569. The summed E-state index contributed by atoms with van der Waals surface area (Å²) in [6.45, 7) is 0.212. The first-order valence-electron chi connectivity index (χ1n) is 4.92. The number of nitrogens with two attached hydrogens (primary N) is 1. The van der Waals surface area contributed by atoms with Gasteiger partial charge < -0.3 is 15.7 Å². The molecule has 17 heavy (non-hydrogen) atoms. The quantitative estimate of drug-likeness (QED) is 0.472. The largest absolute Gasteiger partial charge is 0.472 e. The minimum Gasteiger partial charge on any atom is -0.472 e. The molecule has 2 aromatic rings. The molecule has 0 saturated carbocycles. The van der Waals surface area contributed by atoms with Crippen molar-refractivity contribution >= 4 is 5.69 Å². The molecule has 86 valence electrons. The summed E-state index contributed by atoms with van der Waals surface area (Å²) in [5.41, 5.74) is 7.82. The number of hydrogen-bond acceptors (Lipinski definition) is 4. The van der Waals surface area contributed by atoms with Crippen LogP contribution in [0, 0.1) is 12.3 Å². The van der Waals surface area contributed by atoms with E-state index in [0.717, 1.165) is 5.56 Å². The highest BCUT2D eigenvalue weighted by molar-refractivity contribution is 5.55. The van der Waals surface area contributed by atoms with Gasteiger partial charge in [-0.15, -0.1) is 11.3 Å². The van der Waals surface area contributed by atoms with Crippen molar-refractivity contribution in [1.29, 1.82) is 0 Å². The summed E-state index contributed by atoms with van der Waals surface area (Å²) in [5, 5.41) is 12.6. The maximum absolute atomic E-state index is 8.97. The van der Waals surface area contributed by atoms with Gasteiger partial charge >= 0.3 is 0 Å². The van der Waals surface area contributed by atoms with Gasteiger partial charge in [0.05, 0.1) is 6.20 Å². The topological polar surface area (TPSA) is 73.3 Å². The summed E-state index contributed by atoms with van der Waals surface area (Å²) in [6.07, 6.45) is 6.74. The Kier molecular flexibility index (Phi) is 2.88. The third-order valence-electron chi connectivity index (χ3n) is 2.28. The first-order valence-corrected chi connectivity index (χ1v) is 4.92. The molecule has 1 heterocycles. The van der Waals surface area contributed by atoms with E-state index in [1.54, 1.807) is 18.2 Å². The zero-order valence-corrected chi connectivity index (χ0v) is 9.00. The number of ether oxygens (including phenoxy) is 1. The van der Waals surface area contributed by atoms with Crippen LogP contribution in [0.3, 0.4) is 0 Å². The molecule has 1 aromatic heterocycles. The third kappa shape index (κ3) is 2.32. The van der Waals surface area contributed by atoms with Crippen molar-refractivity contribution in [2.45, 2.75) is 6.61 Å². The molecule has 0 aliphatic carbocycles. The lowest BCUT2D eigenvalue weighted by atomic mass is 10.1. The van der Waals surface area contributed by atoms with Crippen LogP contribution in [0.2, 0.25) is 0 Å². The number of nitrogens with zero attached hydrogens (tertiary/aromatic N) is 2. The van der Waals surface area contributed by atoms with Gasteiger partial charge in [-0.05, 0) is 12.1 Å². The molecule has 5 heteroatoms. The van der Waals surface area contributed by atoms with E-state index >= 15 is 0 Å². The average molecular weight is 229 g/mol. The van der Waals surface area contributed by atoms with E-state index in [2.05, 4.69) is 11.0 Å². The van der Waals surface area contributed by atoms with E-state index < -0.39 is 0 Å². The fourth-order valence-electron chi connectivity index (χ4n) is 1.42. The highest BCUT2D eigenvalue weighted by Crippen LogP contribution is 2.18. The van der Waals surface area contributed by atoms with Crippen LogP contribution in [-0.2, 0) is 6.61 Å². The molecule has 0 spiro atoms. The lowest BCUT2D eigenvalue weighted by Crippen LogP contribution is -2.03. The van der Waals surface area contributed by atoms with Gasteiger partial charge in [-0.1, -0.05) is 17.1 Å². The van der Waals surface area contributed by atoms with Crippen LogP contribution in [0.15, 0.2) is 30.5 Å². The van der Waals surface area contributed by atoms with E-state index in [0.29, 0.717) is 22.0 Å². The first-order chi connectivity index (χ1) is 8.20. The van der Waals surface area contributed by atoms with Crippen LogP contribution >= 0.6 is 0 Å². The lowest BCUT2D eigenvalue weighted by molar-refractivity contribution is 0.141. The van der Waals surface area contributed by atoms with Crippen LogP contribution in [-0.4, -0.2) is 15.2 Å². The molecule has 0 unspecified atom stereocenters. The molecular weight excluding hydrogens is 218 g/mol. The molecule has 0 aliphatic heterocycles. The maximum Gasteiger partial charge on any atom is 0.236 e. The second-order valence-corrected chi connectivity index (χ2v) is 3.38. The number of benzene rings is 1. The van der Waals surface area contributed by atoms with Gasteiger partial charge in [0, 0.05) is 22.9 Å². The molecule has 0 fully saturated rings. The highest BCUT2D eigenvalue weighted by Gasteiger charge is 2.06. The summed E-state index contributed by atoms with van der Waals surface area (Å²) < 4.78 is 5.37. The van der Waals surface area contributed by atoms with Gasteiger partial charge in [-0.25, -0.2) is 0 Å². The Morgan fingerprint density at radius 3 is 2.94 bits per heavy atom. The van der Waals surface area contributed by atoms with Gasteiger partial charge in [0.1, 0.15) is 6.61 Å². The van der Waals surface area contributed by atoms with Gasteiger partial charge in [-0.3, -0.25) is 0 Å². The van der Waals surface area contributed by atoms with Crippen molar-refractivity contribution in [2.75, 3.05) is 5.73 Å². The smallest absolute Gasteiger partial charge is 0.236 e. The minimum atomic E-state index is 0.212. The summed E-state index contributed by atoms with van der Waals surface area (Å²) in [5.74, 6) is 2.85. The Labute approximate surface area is 98.4 Å². The lowest BCUT2D eigenvalue weighted by Gasteiger charge is -2.08. The molecule has 0 atom stereocenters. The number of nitrogen functional groups attached to an aromatic ring is 1. The number of hydrogen-bond donors (Lipinski definition) is 2. The van der Waals surface area contributed by atoms with E-state index in [1.165, 1.54) is 12.3 Å². The Balaban J connectivity index is 2.17. The standard InChI is InChI=1S/C12H11N3O2/c1-2-9-4-3-5-11(13)10(9)8-17-12-6-7-15(16)14-12/h1,3-7,16H,8,13H2. The van der Waals surface area contributed by atoms with Gasteiger partial charge in [0.2, 0.25) is 5.88 Å². The van der Waals surface area contributed by atoms with Crippen LogP contribution in [0.1, 0.15) is 11.1 Å². The SMILES string of the molecule is C#Cc1cccc(N)c1COc1ccn(O)n1. The Morgan fingerprint density at radius 2 is 2.29 bits per heavy atom. The van der Waals surface area contributed by atoms with Gasteiger partial charge in [0.15, 0.2) is 0 Å². The molecule has 2 rings (SSSR count). The third-order valence-corrected chi connectivity index (χ3v) is 2.28. The summed E-state index contributed by atoms with van der Waals surface area (Å²) in [4.78, 5) is 0.672. The van der Waals surface area contributed by atoms with Crippen molar-refractivity contribution in [2.24, 2.45) is 0 Å². The van der Waals surface area contributed by atoms with Crippen molar-refractivity contribution in [3.05, 3.63) is 41.6 Å². The number of terminal acetylenes is 1. The predicted octanol–water partition coefficient (Wildman–Crippen LogP) is 1.26. The second kappa shape index (κ2) is 4.49. The number of aromatic nitrogens is 2. The molecule has 0 aliphatic rings. The molecule has 5 nitrogen and oxygen atoms in total. The summed E-state index contributed by atoms with van der Waals surface area (Å²) >= 11 is 0. The molecule has 0 bridgehead atoms. The fourth-order valence-corrected chi connectivity index (χ4v) is 1.42. The van der Waals surface area contributed by atoms with Crippen molar-refractivity contribution in [3.63, 3.8) is 0 Å². The molecule has 1 aromatic carbocycles. The maximum atomic E-state index is 8.97. The Hall–Kier alpha value is -2.61. The number of rotatable bonds is 3. The zero-order chi connectivity index (χ0) is 12.3. The van der Waals surface area contributed by atoms with E-state index in [9.17, 15) is 0 Å². The van der Waals surface area contributed by atoms with E-state index in [4.69, 9.17) is 22.1 Å². The van der Waals surface area contributed by atoms with Gasteiger partial charge in [0.25, 0.3) is 0 Å². The second-order valence-electron chi connectivity index (χ2n) is 3.38. The molecule has 0 amide bonds. The Morgan fingerprint density at radius 1 is 1.47 bits per heavy atom. The van der Waals surface area contributed by atoms with Gasteiger partial charge in [-0.2, -0.15) is 0 Å². The minimum absolute atomic E-state index is 0.212. The summed E-state index contributed by atoms with van der Waals surface area (Å²) in [6, 6.07) is 6.87. The van der Waals surface area contributed by atoms with Crippen LogP contribution in [0.25, 0.3) is 0 Å². The van der Waals surface area contributed by atoms with Crippen molar-refractivity contribution in [3.8, 4) is 18.2 Å². The van der Waals surface area contributed by atoms with E-state index in [-0.39, 0.29) is 6.61 Å². The fraction of sp³-hybridized carbons (Fsp3) is 0.0833. The summed E-state index contributed by atoms with van der Waals surface area (Å²) in [7, 11) is 0. The average Bonchev–Trinajstić information content (AvgIpc) is 2.73. The molecule has 0 radical (unpaired) electrons. The van der Waals surface area contributed by atoms with Crippen LogP contribution in [0.5, 0.6) is 5.88 Å². The first kappa shape index (κ1) is 10.9. The molecule has 0 saturated heterocycles. The van der Waals surface area contributed by atoms with Crippen LogP contribution in [0.4, 0.5) is 5.69 Å². The molecule has 3 N–H and O–H groups in total. The zero-order valence-electron chi connectivity index (χ0n) is 9.00. The van der Waals surface area contributed by atoms with Crippen molar-refractivity contribution < 1.29 is 9.94 Å². The van der Waals surface area contributed by atoms with E-state index in [1.807, 2.05) is 0 Å². The number of anilines is 1. The highest BCUT2D eigenvalue weighted by atomic mass is 16.5.